The van der Waals surface area contributed by atoms with Gasteiger partial charge in [-0.3, -0.25) is 19.3 Å². The molecule has 0 bridgehead atoms. The van der Waals surface area contributed by atoms with E-state index >= 15 is 0 Å². The third-order valence-corrected chi connectivity index (χ3v) is 7.03. The molecule has 1 aromatic heterocycles. The minimum Gasteiger partial charge on any atom is -0.483 e. The summed E-state index contributed by atoms with van der Waals surface area (Å²) in [4.78, 5) is 42.6. The molecular weight excluding hydrogens is 466 g/mol. The monoisotopic (exact) mass is 499 g/mol. The van der Waals surface area contributed by atoms with Crippen LogP contribution in [0.5, 0.6) is 0 Å². The van der Waals surface area contributed by atoms with E-state index in [9.17, 15) is 9.90 Å². The minimum absolute atomic E-state index is 0.0447. The van der Waals surface area contributed by atoms with Crippen LogP contribution in [0.4, 0.5) is 5.82 Å². The van der Waals surface area contributed by atoms with Gasteiger partial charge in [0.25, 0.3) is 12.9 Å². The molecule has 0 radical (unpaired) electrons. The van der Waals surface area contributed by atoms with E-state index in [4.69, 9.17) is 35.5 Å². The summed E-state index contributed by atoms with van der Waals surface area (Å²) >= 11 is 0. The fourth-order valence-corrected chi connectivity index (χ4v) is 5.38. The second-order valence-corrected chi connectivity index (χ2v) is 9.19. The lowest BCUT2D eigenvalue weighted by Gasteiger charge is -2.39. The highest BCUT2D eigenvalue weighted by atomic mass is 16.3. The molecule has 3 aliphatic rings. The number of rotatable bonds is 4. The van der Waals surface area contributed by atoms with Gasteiger partial charge in [-0.15, -0.1) is 0 Å². The lowest BCUT2D eigenvalue weighted by molar-refractivity contribution is -0.123. The summed E-state index contributed by atoms with van der Waals surface area (Å²) in [6.45, 7) is 3.03. The summed E-state index contributed by atoms with van der Waals surface area (Å²) in [7, 11) is 0. The molecule has 11 heteroatoms. The molecule has 2 fully saturated rings. The van der Waals surface area contributed by atoms with Crippen LogP contribution in [0.25, 0.3) is 11.4 Å². The van der Waals surface area contributed by atoms with Crippen molar-refractivity contribution in [2.45, 2.75) is 43.6 Å². The Kier molecular flexibility index (Phi) is 9.31. The highest BCUT2D eigenvalue weighted by Gasteiger charge is 2.45. The summed E-state index contributed by atoms with van der Waals surface area (Å²) in [5.74, 6) is 1.51. The second-order valence-electron chi connectivity index (χ2n) is 9.19. The number of amides is 1. The van der Waals surface area contributed by atoms with Crippen molar-refractivity contribution in [1.29, 1.82) is 0 Å². The van der Waals surface area contributed by atoms with Gasteiger partial charge in [0.15, 0.2) is 5.82 Å². The first-order chi connectivity index (χ1) is 17.4. The molecule has 1 spiro atoms. The average molecular weight is 500 g/mol. The van der Waals surface area contributed by atoms with Gasteiger partial charge in [0.1, 0.15) is 5.82 Å². The maximum absolute atomic E-state index is 11.3. The van der Waals surface area contributed by atoms with Crippen LogP contribution in [0.2, 0.25) is 0 Å². The number of aliphatic hydroxyl groups is 1. The number of carbonyl (C=O) groups excluding carboxylic acids is 1. The van der Waals surface area contributed by atoms with E-state index in [1.54, 1.807) is 0 Å². The molecule has 1 unspecified atom stereocenters. The Morgan fingerprint density at radius 1 is 1.06 bits per heavy atom. The first kappa shape index (κ1) is 27.0. The third kappa shape index (κ3) is 6.16. The Hall–Kier alpha value is -3.57. The lowest BCUT2D eigenvalue weighted by Crippen LogP contribution is -2.45. The molecule has 5 rings (SSSR count). The van der Waals surface area contributed by atoms with Gasteiger partial charge < -0.3 is 26.0 Å². The van der Waals surface area contributed by atoms with Crippen molar-refractivity contribution in [2.24, 2.45) is 5.73 Å². The molecule has 2 aliphatic heterocycles. The number of fused-ring (bicyclic) bond motifs is 2. The fraction of sp³-hybridized carbons (Fsp3) is 0.480. The van der Waals surface area contributed by atoms with Crippen molar-refractivity contribution in [1.82, 2.24) is 14.9 Å². The molecule has 0 saturated carbocycles. The van der Waals surface area contributed by atoms with Crippen LogP contribution in [0, 0.1) is 0 Å². The number of carboxylic acid groups (broad SMARTS) is 2. The predicted molar refractivity (Wildman–Crippen MR) is 133 cm³/mol. The van der Waals surface area contributed by atoms with E-state index in [0.29, 0.717) is 13.1 Å². The number of primary amides is 1. The van der Waals surface area contributed by atoms with Gasteiger partial charge in [0, 0.05) is 29.6 Å². The molecule has 194 valence electrons. The topological polar surface area (TPSA) is 170 Å². The van der Waals surface area contributed by atoms with E-state index < -0.39 is 0 Å². The van der Waals surface area contributed by atoms with E-state index in [-0.39, 0.29) is 30.4 Å². The Labute approximate surface area is 209 Å². The van der Waals surface area contributed by atoms with Crippen molar-refractivity contribution < 1.29 is 29.7 Å². The first-order valence-corrected chi connectivity index (χ1v) is 11.9. The number of β-amino-alcohol motifs (C(OH)–C–C–N with tert-alkyl or cyclic N) is 1. The Bertz CT molecular complexity index is 1040. The molecule has 3 heterocycles. The first-order valence-electron chi connectivity index (χ1n) is 11.9. The van der Waals surface area contributed by atoms with Crippen LogP contribution in [0.15, 0.2) is 30.3 Å². The zero-order valence-corrected chi connectivity index (χ0v) is 20.1. The van der Waals surface area contributed by atoms with Crippen molar-refractivity contribution in [3.63, 3.8) is 0 Å². The number of piperidine rings is 1. The van der Waals surface area contributed by atoms with Crippen molar-refractivity contribution in [2.75, 3.05) is 37.6 Å². The molecule has 2 saturated heterocycles. The standard InChI is InChI=1S/C23H29N5O2.2CH2O2/c24-19(30)15-27-12-9-23(10-13-27)8-6-18-20(23)25-21(16-4-2-1-3-5-16)26-22(18)28-11-7-17(29)14-28;2*2-1-3/h1-5,17,29H,6-15H2,(H2,24,30);2*1H,(H,2,3). The minimum atomic E-state index is -0.289. The van der Waals surface area contributed by atoms with Crippen LogP contribution in [0.1, 0.15) is 36.9 Å². The van der Waals surface area contributed by atoms with Crippen LogP contribution in [0.3, 0.4) is 0 Å². The quantitative estimate of drug-likeness (QED) is 0.443. The number of nitrogens with zero attached hydrogens (tertiary/aromatic N) is 4. The maximum Gasteiger partial charge on any atom is 0.290 e. The summed E-state index contributed by atoms with van der Waals surface area (Å²) in [5, 5.41) is 23.9. The number of hydrogen-bond donors (Lipinski definition) is 4. The molecular formula is C25H33N5O6. The number of hydrogen-bond acceptors (Lipinski definition) is 8. The van der Waals surface area contributed by atoms with Gasteiger partial charge in [-0.05, 0) is 45.2 Å². The number of likely N-dealkylation sites (tertiary alicyclic amines) is 1. The van der Waals surface area contributed by atoms with Crippen molar-refractivity contribution in [3.8, 4) is 11.4 Å². The van der Waals surface area contributed by atoms with Crippen LogP contribution in [-0.2, 0) is 26.2 Å². The summed E-state index contributed by atoms with van der Waals surface area (Å²) in [6, 6.07) is 10.2. The largest absolute Gasteiger partial charge is 0.483 e. The second kappa shape index (κ2) is 12.4. The average Bonchev–Trinajstić information content (AvgIpc) is 3.45. The fourth-order valence-electron chi connectivity index (χ4n) is 5.38. The number of nitrogens with two attached hydrogens (primary N) is 1. The molecule has 1 aliphatic carbocycles. The summed E-state index contributed by atoms with van der Waals surface area (Å²) in [5.41, 5.74) is 8.91. The van der Waals surface area contributed by atoms with Gasteiger partial charge in [0.2, 0.25) is 5.91 Å². The zero-order chi connectivity index (χ0) is 26.1. The highest BCUT2D eigenvalue weighted by molar-refractivity contribution is 5.76. The van der Waals surface area contributed by atoms with Gasteiger partial charge in [0.05, 0.1) is 18.3 Å². The van der Waals surface area contributed by atoms with Gasteiger partial charge in [-0.2, -0.15) is 0 Å². The Morgan fingerprint density at radius 2 is 1.69 bits per heavy atom. The third-order valence-electron chi connectivity index (χ3n) is 7.03. The van der Waals surface area contributed by atoms with Gasteiger partial charge in [-0.25, -0.2) is 9.97 Å². The van der Waals surface area contributed by atoms with Crippen molar-refractivity contribution >= 4 is 24.7 Å². The Morgan fingerprint density at radius 3 is 2.25 bits per heavy atom. The maximum atomic E-state index is 11.3. The number of carbonyl (C=O) groups is 3. The number of aromatic nitrogens is 2. The van der Waals surface area contributed by atoms with Gasteiger partial charge in [-0.1, -0.05) is 30.3 Å². The van der Waals surface area contributed by atoms with Crippen LogP contribution < -0.4 is 10.6 Å². The highest BCUT2D eigenvalue weighted by Crippen LogP contribution is 2.48. The van der Waals surface area contributed by atoms with E-state index in [1.165, 1.54) is 11.3 Å². The van der Waals surface area contributed by atoms with Crippen molar-refractivity contribution in [3.05, 3.63) is 41.6 Å². The number of benzene rings is 1. The molecule has 36 heavy (non-hydrogen) atoms. The predicted octanol–water partition coefficient (Wildman–Crippen LogP) is 0.881. The SMILES string of the molecule is NC(=O)CN1CCC2(CCc3c(N4CCC(O)C4)nc(-c4ccccc4)nc32)CC1.O=CO.O=CO. The number of anilines is 1. The lowest BCUT2D eigenvalue weighted by atomic mass is 9.76. The molecule has 1 aromatic carbocycles. The summed E-state index contributed by atoms with van der Waals surface area (Å²) < 4.78 is 0. The molecule has 1 atom stereocenters. The number of aliphatic hydroxyl groups excluding tert-OH is 1. The van der Waals surface area contributed by atoms with E-state index in [2.05, 4.69) is 21.9 Å². The summed E-state index contributed by atoms with van der Waals surface area (Å²) in [6.07, 6.45) is 4.52. The van der Waals surface area contributed by atoms with Crippen LogP contribution in [-0.4, -0.2) is 87.9 Å². The molecule has 5 N–H and O–H groups in total. The van der Waals surface area contributed by atoms with Crippen LogP contribution >= 0.6 is 0 Å². The Balaban J connectivity index is 0.000000550. The molecule has 1 amide bonds. The zero-order valence-electron chi connectivity index (χ0n) is 20.1. The normalized spacial score (nSPS) is 19.9. The van der Waals surface area contributed by atoms with Gasteiger partial charge >= 0.3 is 0 Å². The smallest absolute Gasteiger partial charge is 0.290 e. The van der Waals surface area contributed by atoms with E-state index in [0.717, 1.165) is 68.9 Å². The molecule has 2 aromatic rings. The molecule has 11 nitrogen and oxygen atoms in total. The van der Waals surface area contributed by atoms with E-state index in [1.807, 2.05) is 18.2 Å².